The number of hydrogen-bond donors (Lipinski definition) is 2. The molecule has 0 spiro atoms. The molecule has 0 heterocycles. The zero-order chi connectivity index (χ0) is 13.8. The van der Waals surface area contributed by atoms with E-state index in [1.807, 2.05) is 24.3 Å². The molecule has 0 saturated carbocycles. The summed E-state index contributed by atoms with van der Waals surface area (Å²) < 4.78 is 0.892. The van der Waals surface area contributed by atoms with E-state index in [0.29, 0.717) is 22.2 Å². The second-order valence-corrected chi connectivity index (χ2v) is 5.74. The Morgan fingerprint density at radius 3 is 2.63 bits per heavy atom. The molecule has 2 aromatic carbocycles. The minimum absolute atomic E-state index is 0.350. The van der Waals surface area contributed by atoms with Crippen molar-refractivity contribution >= 4 is 44.8 Å². The van der Waals surface area contributed by atoms with E-state index in [9.17, 15) is 5.11 Å². The van der Waals surface area contributed by atoms with Crippen LogP contribution in [0.15, 0.2) is 46.9 Å². The monoisotopic (exact) mass is 359 g/mol. The van der Waals surface area contributed by atoms with E-state index >= 15 is 0 Å². The van der Waals surface area contributed by atoms with Gasteiger partial charge in [0.25, 0.3) is 0 Å². The molecule has 100 valence electrons. The highest BCUT2D eigenvalue weighted by Gasteiger charge is 2.11. The van der Waals surface area contributed by atoms with Crippen LogP contribution in [0.3, 0.4) is 0 Å². The van der Waals surface area contributed by atoms with Crippen molar-refractivity contribution < 1.29 is 5.11 Å². The lowest BCUT2D eigenvalue weighted by Crippen LogP contribution is -2.12. The van der Waals surface area contributed by atoms with Crippen LogP contribution in [-0.4, -0.2) is 11.7 Å². The predicted molar refractivity (Wildman–Crippen MR) is 84.1 cm³/mol. The van der Waals surface area contributed by atoms with Gasteiger partial charge in [0.15, 0.2) is 0 Å². The van der Waals surface area contributed by atoms with Gasteiger partial charge in [-0.2, -0.15) is 0 Å². The molecule has 0 aliphatic carbocycles. The Labute approximate surface area is 130 Å². The Morgan fingerprint density at radius 1 is 1.16 bits per heavy atom. The molecule has 0 aromatic heterocycles. The molecule has 19 heavy (non-hydrogen) atoms. The van der Waals surface area contributed by atoms with Crippen LogP contribution in [0.2, 0.25) is 10.0 Å². The van der Waals surface area contributed by atoms with Crippen molar-refractivity contribution in [1.82, 2.24) is 0 Å². The second-order valence-electron chi connectivity index (χ2n) is 4.04. The van der Waals surface area contributed by atoms with Crippen molar-refractivity contribution in [2.24, 2.45) is 0 Å². The number of benzene rings is 2. The molecule has 2 N–H and O–H groups in total. The molecule has 0 aliphatic heterocycles. The number of rotatable bonds is 4. The summed E-state index contributed by atoms with van der Waals surface area (Å²) in [6, 6.07) is 12.7. The van der Waals surface area contributed by atoms with Crippen LogP contribution in [0, 0.1) is 0 Å². The van der Waals surface area contributed by atoms with Gasteiger partial charge in [0.1, 0.15) is 0 Å². The van der Waals surface area contributed by atoms with Crippen LogP contribution in [0.5, 0.6) is 0 Å². The molecule has 2 nitrogen and oxygen atoms in total. The van der Waals surface area contributed by atoms with Crippen LogP contribution < -0.4 is 5.32 Å². The molecule has 1 unspecified atom stereocenters. The first kappa shape index (κ1) is 14.7. The third-order valence-corrected chi connectivity index (χ3v) is 3.95. The Balaban J connectivity index is 2.06. The molecule has 0 aliphatic rings. The fourth-order valence-electron chi connectivity index (χ4n) is 1.69. The Bertz CT molecular complexity index is 577. The van der Waals surface area contributed by atoms with Gasteiger partial charge in [0.2, 0.25) is 0 Å². The summed E-state index contributed by atoms with van der Waals surface area (Å²) in [5.41, 5.74) is 1.54. The quantitative estimate of drug-likeness (QED) is 0.812. The maximum Gasteiger partial charge on any atom is 0.0976 e. The minimum Gasteiger partial charge on any atom is -0.387 e. The summed E-state index contributed by atoms with van der Waals surface area (Å²) in [5.74, 6) is 0. The number of aliphatic hydroxyl groups excluding tert-OH is 1. The number of hydrogen-bond acceptors (Lipinski definition) is 2. The lowest BCUT2D eigenvalue weighted by molar-refractivity contribution is 0.191. The van der Waals surface area contributed by atoms with Gasteiger partial charge in [-0.25, -0.2) is 0 Å². The summed E-state index contributed by atoms with van der Waals surface area (Å²) in [4.78, 5) is 0. The van der Waals surface area contributed by atoms with E-state index in [4.69, 9.17) is 23.2 Å². The second kappa shape index (κ2) is 6.62. The molecule has 0 radical (unpaired) electrons. The standard InChI is InChI=1S/C14H12BrCl2NO/c15-11-6-5-9(16)7-13(11)18-8-14(19)10-3-1-2-4-12(10)17/h1-7,14,18-19H,8H2. The number of anilines is 1. The fraction of sp³-hybridized carbons (Fsp3) is 0.143. The SMILES string of the molecule is OC(CNc1cc(Cl)ccc1Br)c1ccccc1Cl. The maximum atomic E-state index is 10.1. The lowest BCUT2D eigenvalue weighted by atomic mass is 10.1. The van der Waals surface area contributed by atoms with E-state index in [-0.39, 0.29) is 0 Å². The van der Waals surface area contributed by atoms with Gasteiger partial charge in [-0.15, -0.1) is 0 Å². The number of aliphatic hydroxyl groups is 1. The normalized spacial score (nSPS) is 12.2. The highest BCUT2D eigenvalue weighted by molar-refractivity contribution is 9.10. The van der Waals surface area contributed by atoms with Crippen LogP contribution >= 0.6 is 39.1 Å². The van der Waals surface area contributed by atoms with Gasteiger partial charge in [-0.05, 0) is 40.2 Å². The minimum atomic E-state index is -0.681. The Morgan fingerprint density at radius 2 is 1.89 bits per heavy atom. The van der Waals surface area contributed by atoms with Crippen molar-refractivity contribution in [1.29, 1.82) is 0 Å². The topological polar surface area (TPSA) is 32.3 Å². The zero-order valence-corrected chi connectivity index (χ0v) is 13.0. The number of nitrogens with one attached hydrogen (secondary N) is 1. The van der Waals surface area contributed by atoms with Crippen LogP contribution in [0.25, 0.3) is 0 Å². The van der Waals surface area contributed by atoms with Gasteiger partial charge in [-0.3, -0.25) is 0 Å². The predicted octanol–water partition coefficient (Wildman–Crippen LogP) is 4.90. The van der Waals surface area contributed by atoms with Gasteiger partial charge in [-0.1, -0.05) is 41.4 Å². The van der Waals surface area contributed by atoms with E-state index in [0.717, 1.165) is 10.2 Å². The molecule has 5 heteroatoms. The highest BCUT2D eigenvalue weighted by Crippen LogP contribution is 2.27. The van der Waals surface area contributed by atoms with E-state index in [2.05, 4.69) is 21.2 Å². The first-order chi connectivity index (χ1) is 9.08. The molecular weight excluding hydrogens is 349 g/mol. The molecular formula is C14H12BrCl2NO. The summed E-state index contributed by atoms with van der Waals surface area (Å²) in [6.07, 6.45) is -0.681. The summed E-state index contributed by atoms with van der Waals surface area (Å²) in [5, 5.41) is 14.5. The lowest BCUT2D eigenvalue weighted by Gasteiger charge is -2.15. The molecule has 2 rings (SSSR count). The van der Waals surface area contributed by atoms with Gasteiger partial charge in [0.05, 0.1) is 11.8 Å². The van der Waals surface area contributed by atoms with E-state index in [1.165, 1.54) is 0 Å². The first-order valence-corrected chi connectivity index (χ1v) is 7.24. The van der Waals surface area contributed by atoms with Crippen LogP contribution in [-0.2, 0) is 0 Å². The zero-order valence-electron chi connectivity index (χ0n) is 9.91. The molecule has 0 bridgehead atoms. The average Bonchev–Trinajstić information content (AvgIpc) is 2.40. The van der Waals surface area contributed by atoms with Crippen molar-refractivity contribution in [3.05, 3.63) is 62.5 Å². The first-order valence-electron chi connectivity index (χ1n) is 5.69. The van der Waals surface area contributed by atoms with Gasteiger partial charge < -0.3 is 10.4 Å². The summed E-state index contributed by atoms with van der Waals surface area (Å²) in [7, 11) is 0. The van der Waals surface area contributed by atoms with Crippen LogP contribution in [0.4, 0.5) is 5.69 Å². The molecule has 0 amide bonds. The smallest absolute Gasteiger partial charge is 0.0976 e. The van der Waals surface area contributed by atoms with Crippen molar-refractivity contribution in [3.63, 3.8) is 0 Å². The highest BCUT2D eigenvalue weighted by atomic mass is 79.9. The molecule has 2 aromatic rings. The van der Waals surface area contributed by atoms with Crippen molar-refractivity contribution in [2.75, 3.05) is 11.9 Å². The summed E-state index contributed by atoms with van der Waals surface area (Å²) >= 11 is 15.4. The average molecular weight is 361 g/mol. The number of halogens is 3. The summed E-state index contributed by atoms with van der Waals surface area (Å²) in [6.45, 7) is 0.350. The van der Waals surface area contributed by atoms with E-state index < -0.39 is 6.10 Å². The van der Waals surface area contributed by atoms with Gasteiger partial charge >= 0.3 is 0 Å². The third-order valence-electron chi connectivity index (χ3n) is 2.68. The maximum absolute atomic E-state index is 10.1. The van der Waals surface area contributed by atoms with Crippen molar-refractivity contribution in [2.45, 2.75) is 6.10 Å². The van der Waals surface area contributed by atoms with Gasteiger partial charge in [0, 0.05) is 26.6 Å². The van der Waals surface area contributed by atoms with Crippen LogP contribution in [0.1, 0.15) is 11.7 Å². The fourth-order valence-corrected chi connectivity index (χ4v) is 2.52. The van der Waals surface area contributed by atoms with Crippen molar-refractivity contribution in [3.8, 4) is 0 Å². The third kappa shape index (κ3) is 3.86. The molecule has 1 atom stereocenters. The van der Waals surface area contributed by atoms with E-state index in [1.54, 1.807) is 18.2 Å². The Kier molecular flexibility index (Phi) is 5.11. The molecule has 0 saturated heterocycles. The Hall–Kier alpha value is -0.740. The largest absolute Gasteiger partial charge is 0.387 e. The molecule has 0 fully saturated rings.